The maximum Gasteiger partial charge on any atom is 0.0450 e. The van der Waals surface area contributed by atoms with Crippen molar-refractivity contribution in [2.24, 2.45) is 0 Å². The number of alkyl halides is 1. The summed E-state index contributed by atoms with van der Waals surface area (Å²) in [6.45, 7) is 0.812. The molecule has 0 atom stereocenters. The maximum atomic E-state index is 6.13. The van der Waals surface area contributed by atoms with Crippen molar-refractivity contribution in [2.75, 3.05) is 5.88 Å². The molecule has 0 saturated heterocycles. The number of rotatable bonds is 4. The van der Waals surface area contributed by atoms with Crippen molar-refractivity contribution in [2.45, 2.75) is 37.8 Å². The lowest BCUT2D eigenvalue weighted by atomic mass is 10.00. The molecule has 0 heterocycles. The van der Waals surface area contributed by atoms with Gasteiger partial charge in [0.15, 0.2) is 0 Å². The highest BCUT2D eigenvalue weighted by molar-refractivity contribution is 6.31. The van der Waals surface area contributed by atoms with Crippen molar-refractivity contribution in [3.63, 3.8) is 0 Å². The number of hydrogen-bond donors (Lipinski definition) is 1. The van der Waals surface area contributed by atoms with Crippen molar-refractivity contribution in [1.29, 1.82) is 0 Å². The normalized spacial score (nSPS) is 18.9. The highest BCUT2D eigenvalue weighted by Gasteiger charge is 2.32. The van der Waals surface area contributed by atoms with E-state index in [1.54, 1.807) is 0 Å². The van der Waals surface area contributed by atoms with Gasteiger partial charge in [0, 0.05) is 23.0 Å². The van der Waals surface area contributed by atoms with Gasteiger partial charge < -0.3 is 5.32 Å². The van der Waals surface area contributed by atoms with Crippen LogP contribution in [0.1, 0.15) is 31.2 Å². The number of halogens is 2. The Morgan fingerprint density at radius 3 is 2.50 bits per heavy atom. The average Bonchev–Trinajstić information content (AvgIpc) is 2.78. The second-order valence-electron chi connectivity index (χ2n) is 4.57. The molecule has 1 aliphatic carbocycles. The highest BCUT2D eigenvalue weighted by atomic mass is 35.5. The summed E-state index contributed by atoms with van der Waals surface area (Å²) in [7, 11) is 0. The van der Waals surface area contributed by atoms with Gasteiger partial charge >= 0.3 is 0 Å². The quantitative estimate of drug-likeness (QED) is 0.805. The lowest BCUT2D eigenvalue weighted by Crippen LogP contribution is -2.43. The van der Waals surface area contributed by atoms with E-state index in [4.69, 9.17) is 23.2 Å². The highest BCUT2D eigenvalue weighted by Crippen LogP contribution is 2.31. The first-order valence-electron chi connectivity index (χ1n) is 5.80. The zero-order valence-corrected chi connectivity index (χ0v) is 10.8. The Labute approximate surface area is 107 Å². The average molecular weight is 258 g/mol. The molecular formula is C13H17Cl2N. The topological polar surface area (TPSA) is 12.0 Å². The molecule has 0 amide bonds. The molecular weight excluding hydrogens is 241 g/mol. The summed E-state index contributed by atoms with van der Waals surface area (Å²) < 4.78 is 0. The monoisotopic (exact) mass is 257 g/mol. The van der Waals surface area contributed by atoms with Crippen LogP contribution < -0.4 is 5.32 Å². The van der Waals surface area contributed by atoms with E-state index in [-0.39, 0.29) is 5.54 Å². The van der Waals surface area contributed by atoms with Crippen LogP contribution >= 0.6 is 23.2 Å². The minimum atomic E-state index is 0.140. The fourth-order valence-electron chi connectivity index (χ4n) is 2.33. The Hall–Kier alpha value is -0.240. The molecule has 0 aromatic heterocycles. The van der Waals surface area contributed by atoms with Crippen LogP contribution in [0.3, 0.4) is 0 Å². The van der Waals surface area contributed by atoms with Crippen molar-refractivity contribution in [1.82, 2.24) is 5.32 Å². The second kappa shape index (κ2) is 5.39. The van der Waals surface area contributed by atoms with Gasteiger partial charge in [-0.2, -0.15) is 0 Å². The van der Waals surface area contributed by atoms with Gasteiger partial charge in [-0.15, -0.1) is 11.6 Å². The summed E-state index contributed by atoms with van der Waals surface area (Å²) in [4.78, 5) is 0. The fraction of sp³-hybridized carbons (Fsp3) is 0.538. The standard InChI is InChI=1S/C13H17Cl2N/c14-10-13(7-3-4-8-13)16-9-11-5-1-2-6-12(11)15/h1-2,5-6,16H,3-4,7-10H2. The fourth-order valence-corrected chi connectivity index (χ4v) is 2.90. The van der Waals surface area contributed by atoms with Crippen LogP contribution in [-0.4, -0.2) is 11.4 Å². The van der Waals surface area contributed by atoms with E-state index in [9.17, 15) is 0 Å². The predicted molar refractivity (Wildman–Crippen MR) is 70.2 cm³/mol. The minimum Gasteiger partial charge on any atom is -0.306 e. The molecule has 1 aromatic carbocycles. The molecule has 1 fully saturated rings. The number of benzene rings is 1. The Balaban J connectivity index is 1.98. The third-order valence-electron chi connectivity index (χ3n) is 3.43. The maximum absolute atomic E-state index is 6.13. The first-order chi connectivity index (χ1) is 7.76. The van der Waals surface area contributed by atoms with Crippen LogP contribution in [0.25, 0.3) is 0 Å². The SMILES string of the molecule is ClCC1(NCc2ccccc2Cl)CCCC1. The zero-order valence-electron chi connectivity index (χ0n) is 9.31. The Morgan fingerprint density at radius 2 is 1.88 bits per heavy atom. The third-order valence-corrected chi connectivity index (χ3v) is 4.31. The van der Waals surface area contributed by atoms with Crippen LogP contribution in [0.5, 0.6) is 0 Å². The Kier molecular flexibility index (Phi) is 4.12. The van der Waals surface area contributed by atoms with Crippen LogP contribution in [-0.2, 0) is 6.54 Å². The van der Waals surface area contributed by atoms with E-state index in [1.165, 1.54) is 25.7 Å². The molecule has 1 aliphatic rings. The van der Waals surface area contributed by atoms with Gasteiger partial charge in [0.05, 0.1) is 0 Å². The Bertz CT molecular complexity index is 346. The molecule has 0 radical (unpaired) electrons. The van der Waals surface area contributed by atoms with Crippen LogP contribution in [0.15, 0.2) is 24.3 Å². The first kappa shape index (κ1) is 12.2. The zero-order chi connectivity index (χ0) is 11.4. The second-order valence-corrected chi connectivity index (χ2v) is 5.24. The summed E-state index contributed by atoms with van der Waals surface area (Å²) in [5.41, 5.74) is 1.29. The molecule has 1 saturated carbocycles. The molecule has 0 unspecified atom stereocenters. The molecule has 1 N–H and O–H groups in total. The number of nitrogens with one attached hydrogen (secondary N) is 1. The van der Waals surface area contributed by atoms with E-state index in [2.05, 4.69) is 11.4 Å². The number of hydrogen-bond acceptors (Lipinski definition) is 1. The van der Waals surface area contributed by atoms with E-state index in [0.717, 1.165) is 17.1 Å². The first-order valence-corrected chi connectivity index (χ1v) is 6.71. The van der Waals surface area contributed by atoms with E-state index < -0.39 is 0 Å². The van der Waals surface area contributed by atoms with Gasteiger partial charge in [-0.05, 0) is 24.5 Å². The molecule has 3 heteroatoms. The van der Waals surface area contributed by atoms with Gasteiger partial charge in [-0.3, -0.25) is 0 Å². The van der Waals surface area contributed by atoms with Gasteiger partial charge in [0.2, 0.25) is 0 Å². The summed E-state index contributed by atoms with van der Waals surface area (Å²) >= 11 is 12.2. The summed E-state index contributed by atoms with van der Waals surface area (Å²) in [5, 5.41) is 4.42. The third kappa shape index (κ3) is 2.71. The molecule has 1 nitrogen and oxygen atoms in total. The molecule has 0 bridgehead atoms. The summed E-state index contributed by atoms with van der Waals surface area (Å²) in [6.07, 6.45) is 4.92. The van der Waals surface area contributed by atoms with E-state index in [1.807, 2.05) is 18.2 Å². The lowest BCUT2D eigenvalue weighted by molar-refractivity contribution is 0.368. The molecule has 16 heavy (non-hydrogen) atoms. The molecule has 88 valence electrons. The van der Waals surface area contributed by atoms with Crippen molar-refractivity contribution < 1.29 is 0 Å². The molecule has 0 aliphatic heterocycles. The van der Waals surface area contributed by atoms with Crippen molar-refractivity contribution in [3.05, 3.63) is 34.9 Å². The minimum absolute atomic E-state index is 0.140. The summed E-state index contributed by atoms with van der Waals surface area (Å²) in [6, 6.07) is 7.97. The van der Waals surface area contributed by atoms with Gasteiger partial charge in [0.25, 0.3) is 0 Å². The van der Waals surface area contributed by atoms with Gasteiger partial charge in [0.1, 0.15) is 0 Å². The Morgan fingerprint density at radius 1 is 1.19 bits per heavy atom. The predicted octanol–water partition coefficient (Wildman–Crippen LogP) is 3.98. The van der Waals surface area contributed by atoms with Crippen molar-refractivity contribution >= 4 is 23.2 Å². The van der Waals surface area contributed by atoms with Crippen LogP contribution in [0, 0.1) is 0 Å². The molecule has 0 spiro atoms. The van der Waals surface area contributed by atoms with Crippen molar-refractivity contribution in [3.8, 4) is 0 Å². The largest absolute Gasteiger partial charge is 0.306 e. The summed E-state index contributed by atoms with van der Waals surface area (Å²) in [5.74, 6) is 0.692. The molecule has 2 rings (SSSR count). The van der Waals surface area contributed by atoms with Gasteiger partial charge in [-0.25, -0.2) is 0 Å². The van der Waals surface area contributed by atoms with E-state index in [0.29, 0.717) is 5.88 Å². The van der Waals surface area contributed by atoms with E-state index >= 15 is 0 Å². The van der Waals surface area contributed by atoms with Crippen LogP contribution in [0.2, 0.25) is 5.02 Å². The lowest BCUT2D eigenvalue weighted by Gasteiger charge is -2.28. The molecule has 1 aromatic rings. The smallest absolute Gasteiger partial charge is 0.0450 e. The van der Waals surface area contributed by atoms with Crippen LogP contribution in [0.4, 0.5) is 0 Å². The van der Waals surface area contributed by atoms with Gasteiger partial charge in [-0.1, -0.05) is 42.6 Å².